The summed E-state index contributed by atoms with van der Waals surface area (Å²) >= 11 is 0. The average Bonchev–Trinajstić information content (AvgIpc) is 2.10. The summed E-state index contributed by atoms with van der Waals surface area (Å²) in [6, 6.07) is 2.31. The molecular weight excluding hydrogens is 164 g/mol. The lowest BCUT2D eigenvalue weighted by Crippen LogP contribution is -2.37. The van der Waals surface area contributed by atoms with Gasteiger partial charge in [-0.2, -0.15) is 5.26 Å². The Balaban J connectivity index is 3.34. The lowest BCUT2D eigenvalue weighted by atomic mass is 10.1. The molecule has 0 unspecified atom stereocenters. The van der Waals surface area contributed by atoms with Crippen LogP contribution in [0.1, 0.15) is 33.1 Å². The lowest BCUT2D eigenvalue weighted by Gasteiger charge is -2.19. The summed E-state index contributed by atoms with van der Waals surface area (Å²) in [4.78, 5) is 0. The third kappa shape index (κ3) is 6.56. The van der Waals surface area contributed by atoms with Gasteiger partial charge in [-0.05, 0) is 25.3 Å². The van der Waals surface area contributed by atoms with E-state index < -0.39 is 0 Å². The quantitative estimate of drug-likeness (QED) is 0.586. The number of hydrogen-bond donors (Lipinski definition) is 2. The molecule has 0 aromatic rings. The fourth-order valence-electron chi connectivity index (χ4n) is 1.13. The Morgan fingerprint density at radius 1 is 1.38 bits per heavy atom. The van der Waals surface area contributed by atoms with Crippen LogP contribution in [0, 0.1) is 17.2 Å². The number of unbranched alkanes of at least 4 members (excludes halogenated alkanes) is 2. The molecule has 0 aliphatic heterocycles. The minimum Gasteiger partial charge on any atom is -0.395 e. The SMILES string of the molecule is CC(C)[C@@H](CO)NCCCCC#N. The van der Waals surface area contributed by atoms with E-state index in [2.05, 4.69) is 25.2 Å². The Morgan fingerprint density at radius 2 is 2.08 bits per heavy atom. The molecule has 0 aromatic carbocycles. The van der Waals surface area contributed by atoms with E-state index in [9.17, 15) is 0 Å². The van der Waals surface area contributed by atoms with E-state index in [1.165, 1.54) is 0 Å². The van der Waals surface area contributed by atoms with E-state index in [-0.39, 0.29) is 12.6 Å². The van der Waals surface area contributed by atoms with Crippen molar-refractivity contribution in [2.45, 2.75) is 39.2 Å². The van der Waals surface area contributed by atoms with Crippen LogP contribution in [0.3, 0.4) is 0 Å². The minimum absolute atomic E-state index is 0.190. The first-order valence-electron chi connectivity index (χ1n) is 4.93. The molecule has 0 aliphatic carbocycles. The first-order chi connectivity index (χ1) is 6.22. The van der Waals surface area contributed by atoms with Gasteiger partial charge < -0.3 is 10.4 Å². The number of nitrogens with one attached hydrogen (secondary N) is 1. The molecule has 0 saturated carbocycles. The van der Waals surface area contributed by atoms with Crippen molar-refractivity contribution in [2.24, 2.45) is 5.92 Å². The van der Waals surface area contributed by atoms with Gasteiger partial charge >= 0.3 is 0 Å². The summed E-state index contributed by atoms with van der Waals surface area (Å²) in [5.41, 5.74) is 0. The molecule has 3 nitrogen and oxygen atoms in total. The maximum absolute atomic E-state index is 8.98. The third-order valence-electron chi connectivity index (χ3n) is 2.12. The molecule has 13 heavy (non-hydrogen) atoms. The molecule has 0 spiro atoms. The molecule has 2 N–H and O–H groups in total. The molecule has 3 heteroatoms. The monoisotopic (exact) mass is 184 g/mol. The molecule has 0 aromatic heterocycles. The van der Waals surface area contributed by atoms with Gasteiger partial charge in [-0.1, -0.05) is 13.8 Å². The Kier molecular flexibility index (Phi) is 7.66. The highest BCUT2D eigenvalue weighted by atomic mass is 16.3. The molecule has 76 valence electrons. The van der Waals surface area contributed by atoms with Crippen molar-refractivity contribution in [3.63, 3.8) is 0 Å². The zero-order chi connectivity index (χ0) is 10.1. The molecule has 0 heterocycles. The Labute approximate surface area is 80.8 Å². The summed E-state index contributed by atoms with van der Waals surface area (Å²) in [7, 11) is 0. The predicted octanol–water partition coefficient (Wildman–Crippen LogP) is 1.29. The second-order valence-electron chi connectivity index (χ2n) is 3.60. The van der Waals surface area contributed by atoms with Gasteiger partial charge in [0.05, 0.1) is 12.7 Å². The van der Waals surface area contributed by atoms with Crippen LogP contribution in [0.25, 0.3) is 0 Å². The molecule has 1 atom stereocenters. The van der Waals surface area contributed by atoms with E-state index in [0.29, 0.717) is 12.3 Å². The molecule has 0 aliphatic rings. The van der Waals surface area contributed by atoms with Crippen LogP contribution in [0.5, 0.6) is 0 Å². The zero-order valence-corrected chi connectivity index (χ0v) is 8.58. The van der Waals surface area contributed by atoms with E-state index in [0.717, 1.165) is 19.4 Å². The minimum atomic E-state index is 0.190. The molecule has 0 amide bonds. The number of rotatable bonds is 7. The van der Waals surface area contributed by atoms with Gasteiger partial charge in [0.2, 0.25) is 0 Å². The van der Waals surface area contributed by atoms with Crippen molar-refractivity contribution >= 4 is 0 Å². The van der Waals surface area contributed by atoms with Crippen LogP contribution in [0.4, 0.5) is 0 Å². The van der Waals surface area contributed by atoms with Crippen molar-refractivity contribution in [1.82, 2.24) is 5.32 Å². The molecule has 0 saturated heterocycles. The highest BCUT2D eigenvalue weighted by Gasteiger charge is 2.09. The highest BCUT2D eigenvalue weighted by molar-refractivity contribution is 4.71. The first-order valence-corrected chi connectivity index (χ1v) is 4.93. The third-order valence-corrected chi connectivity index (χ3v) is 2.12. The summed E-state index contributed by atoms with van der Waals surface area (Å²) in [5, 5.41) is 20.6. The maximum Gasteiger partial charge on any atom is 0.0621 e. The van der Waals surface area contributed by atoms with Crippen LogP contribution in [0.2, 0.25) is 0 Å². The van der Waals surface area contributed by atoms with Crippen molar-refractivity contribution in [3.05, 3.63) is 0 Å². The summed E-state index contributed by atoms with van der Waals surface area (Å²) in [5.74, 6) is 0.459. The summed E-state index contributed by atoms with van der Waals surface area (Å²) in [6.45, 7) is 5.26. The fraction of sp³-hybridized carbons (Fsp3) is 0.900. The van der Waals surface area contributed by atoms with Crippen molar-refractivity contribution in [2.75, 3.05) is 13.2 Å². The first kappa shape index (κ1) is 12.4. The second-order valence-corrected chi connectivity index (χ2v) is 3.60. The predicted molar refractivity (Wildman–Crippen MR) is 53.2 cm³/mol. The number of aliphatic hydroxyl groups is 1. The molecule has 0 bridgehead atoms. The van der Waals surface area contributed by atoms with Gasteiger partial charge in [-0.3, -0.25) is 0 Å². The van der Waals surface area contributed by atoms with Gasteiger partial charge in [0.25, 0.3) is 0 Å². The number of hydrogen-bond acceptors (Lipinski definition) is 3. The molecule has 0 fully saturated rings. The van der Waals surface area contributed by atoms with Crippen LogP contribution in [0.15, 0.2) is 0 Å². The summed E-state index contributed by atoms with van der Waals surface area (Å²) < 4.78 is 0. The summed E-state index contributed by atoms with van der Waals surface area (Å²) in [6.07, 6.45) is 2.59. The molecular formula is C10H20N2O. The van der Waals surface area contributed by atoms with Crippen molar-refractivity contribution < 1.29 is 5.11 Å². The number of nitrogens with zero attached hydrogens (tertiary/aromatic N) is 1. The van der Waals surface area contributed by atoms with Gasteiger partial charge in [0, 0.05) is 12.5 Å². The van der Waals surface area contributed by atoms with Gasteiger partial charge in [0.15, 0.2) is 0 Å². The van der Waals surface area contributed by atoms with Crippen molar-refractivity contribution in [3.8, 4) is 6.07 Å². The van der Waals surface area contributed by atoms with E-state index in [1.54, 1.807) is 0 Å². The van der Waals surface area contributed by atoms with Crippen LogP contribution in [-0.4, -0.2) is 24.3 Å². The average molecular weight is 184 g/mol. The fourth-order valence-corrected chi connectivity index (χ4v) is 1.13. The smallest absolute Gasteiger partial charge is 0.0621 e. The Morgan fingerprint density at radius 3 is 2.54 bits per heavy atom. The highest BCUT2D eigenvalue weighted by Crippen LogP contribution is 2.01. The number of aliphatic hydroxyl groups excluding tert-OH is 1. The number of nitriles is 1. The molecule has 0 radical (unpaired) electrons. The van der Waals surface area contributed by atoms with Gasteiger partial charge in [-0.25, -0.2) is 0 Å². The van der Waals surface area contributed by atoms with E-state index in [4.69, 9.17) is 10.4 Å². The maximum atomic E-state index is 8.98. The largest absolute Gasteiger partial charge is 0.395 e. The van der Waals surface area contributed by atoms with E-state index in [1.807, 2.05) is 0 Å². The lowest BCUT2D eigenvalue weighted by molar-refractivity contribution is 0.211. The van der Waals surface area contributed by atoms with Crippen LogP contribution < -0.4 is 5.32 Å². The topological polar surface area (TPSA) is 56.0 Å². The Hall–Kier alpha value is -0.590. The second kappa shape index (κ2) is 8.03. The van der Waals surface area contributed by atoms with Gasteiger partial charge in [-0.15, -0.1) is 0 Å². The Bertz CT molecular complexity index is 151. The van der Waals surface area contributed by atoms with Crippen molar-refractivity contribution in [1.29, 1.82) is 5.26 Å². The zero-order valence-electron chi connectivity index (χ0n) is 8.58. The van der Waals surface area contributed by atoms with Crippen LogP contribution in [-0.2, 0) is 0 Å². The van der Waals surface area contributed by atoms with Gasteiger partial charge in [0.1, 0.15) is 0 Å². The standard InChI is InChI=1S/C10H20N2O/c1-9(2)10(8-13)12-7-5-3-4-6-11/h9-10,12-13H,3-5,7-8H2,1-2H3/t10-/m1/s1. The normalized spacial score (nSPS) is 12.8. The molecule has 0 rings (SSSR count). The van der Waals surface area contributed by atoms with Crippen LogP contribution >= 0.6 is 0 Å². The van der Waals surface area contributed by atoms with E-state index >= 15 is 0 Å².